The number of nitrogens with one attached hydrogen (secondary N) is 1. The molecule has 1 saturated carbocycles. The fourth-order valence-electron chi connectivity index (χ4n) is 2.81. The van der Waals surface area contributed by atoms with Crippen molar-refractivity contribution in [1.82, 2.24) is 0 Å². The molecule has 1 aromatic carbocycles. The van der Waals surface area contributed by atoms with Gasteiger partial charge in [-0.2, -0.15) is 0 Å². The molecule has 1 aliphatic carbocycles. The summed E-state index contributed by atoms with van der Waals surface area (Å²) in [6.45, 7) is 0. The second-order valence-corrected chi connectivity index (χ2v) is 5.46. The maximum absolute atomic E-state index is 12.3. The minimum atomic E-state index is -0.816. The van der Waals surface area contributed by atoms with E-state index in [0.29, 0.717) is 30.0 Å². The van der Waals surface area contributed by atoms with Crippen molar-refractivity contribution in [2.45, 2.75) is 25.7 Å². The van der Waals surface area contributed by atoms with Crippen LogP contribution in [0.5, 0.6) is 11.5 Å². The molecule has 2 N–H and O–H groups in total. The average Bonchev–Trinajstić information content (AvgIpc) is 2.54. The summed E-state index contributed by atoms with van der Waals surface area (Å²) in [6, 6.07) is 5.14. The highest BCUT2D eigenvalue weighted by molar-refractivity contribution is 5.93. The zero-order valence-electron chi connectivity index (χ0n) is 12.8. The number of methoxy groups -OCH3 is 2. The molecule has 2 rings (SSSR count). The monoisotopic (exact) mass is 307 g/mol. The van der Waals surface area contributed by atoms with Crippen molar-refractivity contribution in [3.8, 4) is 11.5 Å². The first-order valence-corrected chi connectivity index (χ1v) is 7.30. The normalized spacial score (nSPS) is 21.0. The van der Waals surface area contributed by atoms with Gasteiger partial charge in [0, 0.05) is 17.7 Å². The maximum atomic E-state index is 12.3. The van der Waals surface area contributed by atoms with E-state index in [4.69, 9.17) is 14.6 Å². The lowest BCUT2D eigenvalue weighted by Crippen LogP contribution is -2.30. The summed E-state index contributed by atoms with van der Waals surface area (Å²) in [4.78, 5) is 23.4. The second-order valence-electron chi connectivity index (χ2n) is 5.46. The van der Waals surface area contributed by atoms with Gasteiger partial charge in [-0.15, -0.1) is 0 Å². The van der Waals surface area contributed by atoms with Crippen LogP contribution in [0.3, 0.4) is 0 Å². The third-order valence-corrected chi connectivity index (χ3v) is 4.05. The Hall–Kier alpha value is -2.24. The fraction of sp³-hybridized carbons (Fsp3) is 0.500. The Morgan fingerprint density at radius 3 is 2.45 bits per heavy atom. The Bertz CT molecular complexity index is 557. The lowest BCUT2D eigenvalue weighted by Gasteiger charge is -2.25. The number of carboxylic acid groups (broad SMARTS) is 1. The van der Waals surface area contributed by atoms with Gasteiger partial charge in [0.25, 0.3) is 0 Å². The van der Waals surface area contributed by atoms with E-state index in [1.54, 1.807) is 25.3 Å². The van der Waals surface area contributed by atoms with E-state index in [-0.39, 0.29) is 11.8 Å². The highest BCUT2D eigenvalue weighted by Crippen LogP contribution is 2.32. The van der Waals surface area contributed by atoms with Crippen molar-refractivity contribution in [1.29, 1.82) is 0 Å². The molecule has 2 atom stereocenters. The van der Waals surface area contributed by atoms with Crippen molar-refractivity contribution in [2.24, 2.45) is 11.8 Å². The number of ether oxygens (including phenoxy) is 2. The van der Waals surface area contributed by atoms with Crippen LogP contribution in [0.25, 0.3) is 0 Å². The number of hydrogen-bond donors (Lipinski definition) is 2. The Labute approximate surface area is 129 Å². The molecule has 1 fully saturated rings. The third kappa shape index (κ3) is 3.69. The average molecular weight is 307 g/mol. The number of benzene rings is 1. The first-order chi connectivity index (χ1) is 10.5. The number of rotatable bonds is 5. The van der Waals surface area contributed by atoms with Crippen LogP contribution >= 0.6 is 0 Å². The lowest BCUT2D eigenvalue weighted by atomic mass is 9.81. The van der Waals surface area contributed by atoms with Crippen LogP contribution in [0.15, 0.2) is 18.2 Å². The molecule has 6 nitrogen and oxygen atoms in total. The summed E-state index contributed by atoms with van der Waals surface area (Å²) in [5.74, 6) is -0.518. The van der Waals surface area contributed by atoms with Crippen LogP contribution in [0.1, 0.15) is 25.7 Å². The van der Waals surface area contributed by atoms with Crippen molar-refractivity contribution >= 4 is 17.6 Å². The number of carbonyl (C=O) groups is 2. The van der Waals surface area contributed by atoms with Crippen molar-refractivity contribution in [2.75, 3.05) is 19.5 Å². The molecule has 22 heavy (non-hydrogen) atoms. The van der Waals surface area contributed by atoms with E-state index in [2.05, 4.69) is 5.32 Å². The summed E-state index contributed by atoms with van der Waals surface area (Å²) in [5, 5.41) is 11.9. The summed E-state index contributed by atoms with van der Waals surface area (Å²) < 4.78 is 10.3. The Kier molecular flexibility index (Phi) is 5.25. The van der Waals surface area contributed by atoms with Crippen LogP contribution in [0, 0.1) is 11.8 Å². The molecule has 0 radical (unpaired) electrons. The van der Waals surface area contributed by atoms with E-state index < -0.39 is 11.9 Å². The van der Waals surface area contributed by atoms with Crippen molar-refractivity contribution < 1.29 is 24.2 Å². The molecule has 0 heterocycles. The molecular formula is C16H21NO5. The van der Waals surface area contributed by atoms with Gasteiger partial charge in [0.15, 0.2) is 11.5 Å². The zero-order chi connectivity index (χ0) is 16.1. The predicted octanol–water partition coefficient (Wildman–Crippen LogP) is 2.53. The summed E-state index contributed by atoms with van der Waals surface area (Å²) in [6.07, 6.45) is 2.54. The van der Waals surface area contributed by atoms with Gasteiger partial charge in [0.2, 0.25) is 5.91 Å². The van der Waals surface area contributed by atoms with Crippen LogP contribution in [0.2, 0.25) is 0 Å². The number of anilines is 1. The van der Waals surface area contributed by atoms with Crippen LogP contribution in [0.4, 0.5) is 5.69 Å². The first-order valence-electron chi connectivity index (χ1n) is 7.30. The molecule has 0 aromatic heterocycles. The third-order valence-electron chi connectivity index (χ3n) is 4.05. The molecule has 0 spiro atoms. The maximum Gasteiger partial charge on any atom is 0.306 e. The summed E-state index contributed by atoms with van der Waals surface area (Å²) >= 11 is 0. The number of aliphatic carboxylic acids is 1. The number of hydrogen-bond acceptors (Lipinski definition) is 4. The molecule has 0 saturated heterocycles. The Balaban J connectivity index is 2.04. The minimum absolute atomic E-state index is 0.141. The van der Waals surface area contributed by atoms with Crippen molar-refractivity contribution in [3.63, 3.8) is 0 Å². The highest BCUT2D eigenvalue weighted by Gasteiger charge is 2.31. The summed E-state index contributed by atoms with van der Waals surface area (Å²) in [5.41, 5.74) is 0.611. The highest BCUT2D eigenvalue weighted by atomic mass is 16.5. The van der Waals surface area contributed by atoms with E-state index in [0.717, 1.165) is 12.8 Å². The van der Waals surface area contributed by atoms with Crippen LogP contribution < -0.4 is 14.8 Å². The quantitative estimate of drug-likeness (QED) is 0.873. The fourth-order valence-corrected chi connectivity index (χ4v) is 2.81. The van der Waals surface area contributed by atoms with E-state index in [9.17, 15) is 9.59 Å². The van der Waals surface area contributed by atoms with Crippen molar-refractivity contribution in [3.05, 3.63) is 18.2 Å². The number of amides is 1. The van der Waals surface area contributed by atoms with Gasteiger partial charge in [-0.3, -0.25) is 9.59 Å². The van der Waals surface area contributed by atoms with E-state index in [1.165, 1.54) is 7.11 Å². The van der Waals surface area contributed by atoms with Crippen LogP contribution in [-0.4, -0.2) is 31.2 Å². The molecular weight excluding hydrogens is 286 g/mol. The number of carbonyl (C=O) groups excluding carboxylic acids is 1. The molecule has 1 amide bonds. The van der Waals surface area contributed by atoms with Gasteiger partial charge in [0.05, 0.1) is 20.1 Å². The van der Waals surface area contributed by atoms with E-state index >= 15 is 0 Å². The SMILES string of the molecule is COc1ccc(NC(=O)C2CCCC(C(=O)O)C2)cc1OC. The standard InChI is InChI=1S/C16H21NO5/c1-21-13-7-6-12(9-14(13)22-2)17-15(18)10-4-3-5-11(8-10)16(19)20/h6-7,9-11H,3-5,8H2,1-2H3,(H,17,18)(H,19,20). The Morgan fingerprint density at radius 2 is 1.82 bits per heavy atom. The number of carboxylic acids is 1. The topological polar surface area (TPSA) is 84.9 Å². The second kappa shape index (κ2) is 7.15. The smallest absolute Gasteiger partial charge is 0.306 e. The molecule has 2 unspecified atom stereocenters. The van der Waals surface area contributed by atoms with Gasteiger partial charge in [-0.1, -0.05) is 6.42 Å². The van der Waals surface area contributed by atoms with Crippen LogP contribution in [-0.2, 0) is 9.59 Å². The van der Waals surface area contributed by atoms with Gasteiger partial charge in [-0.05, 0) is 31.4 Å². The van der Waals surface area contributed by atoms with Gasteiger partial charge >= 0.3 is 5.97 Å². The molecule has 0 bridgehead atoms. The van der Waals surface area contributed by atoms with Gasteiger partial charge in [-0.25, -0.2) is 0 Å². The molecule has 120 valence electrons. The Morgan fingerprint density at radius 1 is 1.14 bits per heavy atom. The molecule has 6 heteroatoms. The van der Waals surface area contributed by atoms with Gasteiger partial charge < -0.3 is 19.9 Å². The first kappa shape index (κ1) is 16.1. The minimum Gasteiger partial charge on any atom is -0.493 e. The predicted molar refractivity (Wildman–Crippen MR) is 81.3 cm³/mol. The molecule has 1 aromatic rings. The largest absolute Gasteiger partial charge is 0.493 e. The molecule has 0 aliphatic heterocycles. The van der Waals surface area contributed by atoms with E-state index in [1.807, 2.05) is 0 Å². The lowest BCUT2D eigenvalue weighted by molar-refractivity contribution is -0.143. The van der Waals surface area contributed by atoms with Gasteiger partial charge in [0.1, 0.15) is 0 Å². The summed E-state index contributed by atoms with van der Waals surface area (Å²) in [7, 11) is 3.08. The molecule has 1 aliphatic rings. The zero-order valence-corrected chi connectivity index (χ0v) is 12.8.